The number of amides is 1. The van der Waals surface area contributed by atoms with Crippen LogP contribution in [0, 0.1) is 0 Å². The van der Waals surface area contributed by atoms with E-state index in [1.165, 1.54) is 0 Å². The SMILES string of the molecule is COc1cccc(CCC(=O)NC(C)(C)C(C)(C)O)c1. The van der Waals surface area contributed by atoms with Crippen molar-refractivity contribution in [3.63, 3.8) is 0 Å². The molecule has 112 valence electrons. The van der Waals surface area contributed by atoms with Gasteiger partial charge >= 0.3 is 0 Å². The molecule has 1 rings (SSSR count). The van der Waals surface area contributed by atoms with E-state index < -0.39 is 11.1 Å². The van der Waals surface area contributed by atoms with E-state index in [1.54, 1.807) is 21.0 Å². The fourth-order valence-corrected chi connectivity index (χ4v) is 1.65. The largest absolute Gasteiger partial charge is 0.497 e. The predicted molar refractivity (Wildman–Crippen MR) is 79.8 cm³/mol. The molecule has 1 amide bonds. The van der Waals surface area contributed by atoms with Crippen LogP contribution in [0.5, 0.6) is 5.75 Å². The fraction of sp³-hybridized carbons (Fsp3) is 0.562. The van der Waals surface area contributed by atoms with Crippen LogP contribution < -0.4 is 10.1 Å². The van der Waals surface area contributed by atoms with E-state index in [0.717, 1.165) is 11.3 Å². The van der Waals surface area contributed by atoms with Gasteiger partial charge < -0.3 is 15.2 Å². The monoisotopic (exact) mass is 279 g/mol. The van der Waals surface area contributed by atoms with Gasteiger partial charge in [0, 0.05) is 6.42 Å². The number of nitrogens with one attached hydrogen (secondary N) is 1. The number of benzene rings is 1. The van der Waals surface area contributed by atoms with Crippen LogP contribution >= 0.6 is 0 Å². The van der Waals surface area contributed by atoms with E-state index in [2.05, 4.69) is 5.32 Å². The number of hydrogen-bond donors (Lipinski definition) is 2. The number of carbonyl (C=O) groups excluding carboxylic acids is 1. The highest BCUT2D eigenvalue weighted by atomic mass is 16.5. The van der Waals surface area contributed by atoms with Crippen molar-refractivity contribution in [2.75, 3.05) is 7.11 Å². The highest BCUT2D eigenvalue weighted by Gasteiger charge is 2.36. The van der Waals surface area contributed by atoms with Crippen LogP contribution in [0.4, 0.5) is 0 Å². The molecule has 1 aromatic carbocycles. The quantitative estimate of drug-likeness (QED) is 0.840. The third-order valence-electron chi connectivity index (χ3n) is 3.76. The second-order valence-electron chi connectivity index (χ2n) is 6.08. The molecule has 1 aromatic rings. The first-order valence-corrected chi connectivity index (χ1v) is 6.82. The molecule has 0 aromatic heterocycles. The molecular weight excluding hydrogens is 254 g/mol. The Morgan fingerprint density at radius 1 is 1.30 bits per heavy atom. The fourth-order valence-electron chi connectivity index (χ4n) is 1.65. The molecule has 0 spiro atoms. The zero-order valence-electron chi connectivity index (χ0n) is 13.0. The third-order valence-corrected chi connectivity index (χ3v) is 3.76. The second-order valence-corrected chi connectivity index (χ2v) is 6.08. The maximum atomic E-state index is 12.0. The highest BCUT2D eigenvalue weighted by Crippen LogP contribution is 2.21. The first kappa shape index (κ1) is 16.5. The van der Waals surface area contributed by atoms with Crippen LogP contribution in [-0.4, -0.2) is 29.3 Å². The topological polar surface area (TPSA) is 58.6 Å². The Balaban J connectivity index is 2.55. The molecule has 0 unspecified atom stereocenters. The van der Waals surface area contributed by atoms with Crippen LogP contribution in [0.2, 0.25) is 0 Å². The smallest absolute Gasteiger partial charge is 0.220 e. The van der Waals surface area contributed by atoms with Crippen molar-refractivity contribution in [2.24, 2.45) is 0 Å². The van der Waals surface area contributed by atoms with Gasteiger partial charge in [-0.05, 0) is 51.8 Å². The highest BCUT2D eigenvalue weighted by molar-refractivity contribution is 5.77. The normalized spacial score (nSPS) is 12.1. The van der Waals surface area contributed by atoms with Crippen molar-refractivity contribution in [3.8, 4) is 5.75 Å². The number of rotatable bonds is 6. The Morgan fingerprint density at radius 3 is 2.50 bits per heavy atom. The van der Waals surface area contributed by atoms with Gasteiger partial charge in [-0.15, -0.1) is 0 Å². The number of ether oxygens (including phenoxy) is 1. The first-order valence-electron chi connectivity index (χ1n) is 6.82. The maximum absolute atomic E-state index is 12.0. The van der Waals surface area contributed by atoms with E-state index >= 15 is 0 Å². The van der Waals surface area contributed by atoms with Crippen LogP contribution in [0.15, 0.2) is 24.3 Å². The van der Waals surface area contributed by atoms with Gasteiger partial charge in [0.25, 0.3) is 0 Å². The van der Waals surface area contributed by atoms with Crippen LogP contribution in [-0.2, 0) is 11.2 Å². The zero-order chi connectivity index (χ0) is 15.4. The lowest BCUT2D eigenvalue weighted by atomic mass is 9.86. The van der Waals surface area contributed by atoms with E-state index in [9.17, 15) is 9.90 Å². The van der Waals surface area contributed by atoms with Gasteiger partial charge in [0.2, 0.25) is 5.91 Å². The van der Waals surface area contributed by atoms with E-state index in [-0.39, 0.29) is 5.91 Å². The minimum Gasteiger partial charge on any atom is -0.497 e. The lowest BCUT2D eigenvalue weighted by Gasteiger charge is -2.38. The summed E-state index contributed by atoms with van der Waals surface area (Å²) >= 11 is 0. The Kier molecular flexibility index (Phi) is 5.17. The minimum absolute atomic E-state index is 0.0695. The van der Waals surface area contributed by atoms with Gasteiger partial charge in [0.1, 0.15) is 5.75 Å². The van der Waals surface area contributed by atoms with E-state index in [0.29, 0.717) is 12.8 Å². The molecule has 20 heavy (non-hydrogen) atoms. The van der Waals surface area contributed by atoms with Crippen molar-refractivity contribution >= 4 is 5.91 Å². The molecular formula is C16H25NO3. The summed E-state index contributed by atoms with van der Waals surface area (Å²) in [6.45, 7) is 7.01. The number of aliphatic hydroxyl groups is 1. The van der Waals surface area contributed by atoms with Crippen LogP contribution in [0.25, 0.3) is 0 Å². The molecule has 0 radical (unpaired) electrons. The van der Waals surface area contributed by atoms with Gasteiger partial charge in [0.05, 0.1) is 18.2 Å². The molecule has 0 heterocycles. The number of hydrogen-bond acceptors (Lipinski definition) is 3. The minimum atomic E-state index is -0.974. The summed E-state index contributed by atoms with van der Waals surface area (Å²) in [6, 6.07) is 7.68. The molecule has 4 heteroatoms. The van der Waals surface area contributed by atoms with E-state index in [4.69, 9.17) is 4.74 Å². The molecule has 0 atom stereocenters. The van der Waals surface area contributed by atoms with Crippen molar-refractivity contribution in [1.82, 2.24) is 5.32 Å². The van der Waals surface area contributed by atoms with Gasteiger partial charge in [-0.25, -0.2) is 0 Å². The van der Waals surface area contributed by atoms with Crippen molar-refractivity contribution in [3.05, 3.63) is 29.8 Å². The number of carbonyl (C=O) groups is 1. The van der Waals surface area contributed by atoms with Gasteiger partial charge in [0.15, 0.2) is 0 Å². The van der Waals surface area contributed by atoms with Gasteiger partial charge in [-0.2, -0.15) is 0 Å². The average Bonchev–Trinajstić information content (AvgIpc) is 2.35. The Labute approximate surface area is 121 Å². The van der Waals surface area contributed by atoms with E-state index in [1.807, 2.05) is 38.1 Å². The lowest BCUT2D eigenvalue weighted by molar-refractivity contribution is -0.126. The molecule has 2 N–H and O–H groups in total. The Hall–Kier alpha value is -1.55. The summed E-state index contributed by atoms with van der Waals surface area (Å²) in [4.78, 5) is 12.0. The molecule has 0 aliphatic heterocycles. The summed E-state index contributed by atoms with van der Waals surface area (Å²) < 4.78 is 5.15. The summed E-state index contributed by atoms with van der Waals surface area (Å²) in [6.07, 6.45) is 1.03. The molecule has 0 saturated carbocycles. The molecule has 4 nitrogen and oxygen atoms in total. The molecule has 0 fully saturated rings. The van der Waals surface area contributed by atoms with Crippen LogP contribution in [0.3, 0.4) is 0 Å². The van der Waals surface area contributed by atoms with Crippen molar-refractivity contribution in [1.29, 1.82) is 0 Å². The Morgan fingerprint density at radius 2 is 1.95 bits per heavy atom. The molecule has 0 bridgehead atoms. The summed E-state index contributed by atoms with van der Waals surface area (Å²) in [5.74, 6) is 0.722. The Bertz CT molecular complexity index is 461. The van der Waals surface area contributed by atoms with Gasteiger partial charge in [-0.3, -0.25) is 4.79 Å². The number of aryl methyl sites for hydroxylation is 1. The number of methoxy groups -OCH3 is 1. The van der Waals surface area contributed by atoms with Crippen molar-refractivity contribution < 1.29 is 14.6 Å². The summed E-state index contributed by atoms with van der Waals surface area (Å²) in [5.41, 5.74) is -0.586. The lowest BCUT2D eigenvalue weighted by Crippen LogP contribution is -2.57. The predicted octanol–water partition coefficient (Wildman–Crippen LogP) is 2.29. The summed E-state index contributed by atoms with van der Waals surface area (Å²) in [5, 5.41) is 12.9. The van der Waals surface area contributed by atoms with Crippen LogP contribution in [0.1, 0.15) is 39.7 Å². The van der Waals surface area contributed by atoms with Gasteiger partial charge in [-0.1, -0.05) is 12.1 Å². The molecule has 0 aliphatic rings. The average molecular weight is 279 g/mol. The summed E-state index contributed by atoms with van der Waals surface area (Å²) in [7, 11) is 1.62. The second kappa shape index (κ2) is 6.27. The first-order chi connectivity index (χ1) is 9.15. The maximum Gasteiger partial charge on any atom is 0.220 e. The standard InChI is InChI=1S/C16H25NO3/c1-15(2,16(3,4)19)17-14(18)10-9-12-7-6-8-13(11-12)20-5/h6-8,11,19H,9-10H2,1-5H3,(H,17,18). The molecule has 0 saturated heterocycles. The zero-order valence-corrected chi connectivity index (χ0v) is 13.0. The van der Waals surface area contributed by atoms with Crippen molar-refractivity contribution in [2.45, 2.75) is 51.7 Å². The molecule has 0 aliphatic carbocycles. The third kappa shape index (κ3) is 4.53.